The van der Waals surface area contributed by atoms with Gasteiger partial charge in [0.15, 0.2) is 0 Å². The van der Waals surface area contributed by atoms with Gasteiger partial charge in [0, 0.05) is 0 Å². The molecule has 0 bridgehead atoms. The van der Waals surface area contributed by atoms with Crippen LogP contribution in [0.15, 0.2) is 0 Å². The molecule has 4 heteroatoms. The van der Waals surface area contributed by atoms with Gasteiger partial charge in [-0.3, -0.25) is 0 Å². The van der Waals surface area contributed by atoms with Gasteiger partial charge in [0.05, 0.1) is 12.7 Å². The van der Waals surface area contributed by atoms with Crippen LogP contribution in [-0.4, -0.2) is 40.4 Å². The summed E-state index contributed by atoms with van der Waals surface area (Å²) in [6, 6.07) is 0. The fourth-order valence-corrected chi connectivity index (χ4v) is 0.225. The molecule has 4 nitrogen and oxygen atoms in total. The molecule has 0 aromatic carbocycles. The average Bonchev–Trinajstić information content (AvgIpc) is 2.16. The average molecular weight is 178 g/mol. The molecule has 0 aliphatic rings. The Hall–Kier alpha value is -0.450. The van der Waals surface area contributed by atoms with Crippen LogP contribution in [0.5, 0.6) is 0 Å². The third-order valence-corrected chi connectivity index (χ3v) is 1.26. The molecule has 0 aromatic rings. The van der Waals surface area contributed by atoms with Gasteiger partial charge in [0.25, 0.3) is 0 Å². The van der Waals surface area contributed by atoms with Crippen molar-refractivity contribution in [2.45, 2.75) is 38.9 Å². The largest absolute Gasteiger partial charge is 0.394 e. The number of aldehydes is 1. The topological polar surface area (TPSA) is 77.8 Å². The first-order valence-electron chi connectivity index (χ1n) is 4.04. The lowest BCUT2D eigenvalue weighted by atomic mass is 10.3. The van der Waals surface area contributed by atoms with Crippen LogP contribution in [-0.2, 0) is 4.79 Å². The summed E-state index contributed by atoms with van der Waals surface area (Å²) in [5, 5.41) is 24.8. The fourth-order valence-electron chi connectivity index (χ4n) is 0.225. The monoisotopic (exact) mass is 178 g/mol. The van der Waals surface area contributed by atoms with Crippen LogP contribution in [0, 0.1) is 0 Å². The molecule has 0 radical (unpaired) electrons. The van der Waals surface area contributed by atoms with Crippen LogP contribution >= 0.6 is 0 Å². The third kappa shape index (κ3) is 12.2. The Labute approximate surface area is 72.8 Å². The van der Waals surface area contributed by atoms with E-state index in [1.807, 2.05) is 6.92 Å². The van der Waals surface area contributed by atoms with E-state index in [2.05, 4.69) is 0 Å². The van der Waals surface area contributed by atoms with Gasteiger partial charge in [-0.25, -0.2) is 0 Å². The Morgan fingerprint density at radius 3 is 1.75 bits per heavy atom. The fraction of sp³-hybridized carbons (Fsp3) is 0.875. The van der Waals surface area contributed by atoms with Crippen LogP contribution in [0.4, 0.5) is 0 Å². The number of hydrogen-bond acceptors (Lipinski definition) is 4. The summed E-state index contributed by atoms with van der Waals surface area (Å²) in [5.74, 6) is 0. The molecule has 0 fully saturated rings. The normalized spacial score (nSPS) is 14.1. The van der Waals surface area contributed by atoms with Crippen molar-refractivity contribution in [2.24, 2.45) is 0 Å². The zero-order chi connectivity index (χ0) is 9.98. The van der Waals surface area contributed by atoms with Gasteiger partial charge < -0.3 is 20.1 Å². The number of hydrogen-bond donors (Lipinski definition) is 3. The number of aliphatic hydroxyl groups excluding tert-OH is 3. The molecule has 0 rings (SSSR count). The minimum Gasteiger partial charge on any atom is -0.394 e. The number of rotatable bonds is 4. The Bertz CT molecular complexity index is 91.1. The summed E-state index contributed by atoms with van der Waals surface area (Å²) < 4.78 is 0. The van der Waals surface area contributed by atoms with Crippen molar-refractivity contribution in [3.8, 4) is 0 Å². The number of carbonyl (C=O) groups is 1. The zero-order valence-electron chi connectivity index (χ0n) is 7.60. The Morgan fingerprint density at radius 2 is 1.75 bits per heavy atom. The highest BCUT2D eigenvalue weighted by Gasteiger charge is 1.92. The second kappa shape index (κ2) is 10.6. The van der Waals surface area contributed by atoms with Crippen LogP contribution in [0.3, 0.4) is 0 Å². The van der Waals surface area contributed by atoms with Gasteiger partial charge in [-0.15, -0.1) is 0 Å². The minimum absolute atomic E-state index is 0.115. The van der Waals surface area contributed by atoms with Crippen molar-refractivity contribution in [1.82, 2.24) is 0 Å². The van der Waals surface area contributed by atoms with Gasteiger partial charge in [-0.2, -0.15) is 0 Å². The molecule has 0 spiro atoms. The van der Waals surface area contributed by atoms with Gasteiger partial charge in [-0.05, 0) is 12.8 Å². The first-order valence-corrected chi connectivity index (χ1v) is 4.04. The molecule has 0 saturated heterocycles. The van der Waals surface area contributed by atoms with E-state index in [4.69, 9.17) is 15.3 Å². The lowest BCUT2D eigenvalue weighted by Gasteiger charge is -1.97. The van der Waals surface area contributed by atoms with Crippen LogP contribution < -0.4 is 0 Å². The summed E-state index contributed by atoms with van der Waals surface area (Å²) in [7, 11) is 0. The SMILES string of the molecule is CCC(O)C=O.CCC(O)CO. The minimum atomic E-state index is -0.745. The predicted octanol–water partition coefficient (Wildman–Crippen LogP) is -0.294. The standard InChI is InChI=1S/C4H10O2.C4H8O2/c2*1-2-4(6)3-5/h4-6H,2-3H2,1H3;3-4,6H,2H2,1H3. The molecule has 2 atom stereocenters. The number of aliphatic hydroxyl groups is 3. The highest BCUT2D eigenvalue weighted by Crippen LogP contribution is 1.83. The predicted molar refractivity (Wildman–Crippen MR) is 45.7 cm³/mol. The van der Waals surface area contributed by atoms with Crippen LogP contribution in [0.25, 0.3) is 0 Å². The molecule has 0 amide bonds. The molecule has 0 aliphatic heterocycles. The molecule has 0 heterocycles. The van der Waals surface area contributed by atoms with Gasteiger partial charge in [-0.1, -0.05) is 13.8 Å². The van der Waals surface area contributed by atoms with Gasteiger partial charge in [0.1, 0.15) is 12.4 Å². The Kier molecular flexibility index (Phi) is 12.4. The smallest absolute Gasteiger partial charge is 0.148 e. The lowest BCUT2D eigenvalue weighted by Crippen LogP contribution is -2.08. The van der Waals surface area contributed by atoms with Crippen molar-refractivity contribution in [3.05, 3.63) is 0 Å². The molecule has 74 valence electrons. The van der Waals surface area contributed by atoms with E-state index in [0.717, 1.165) is 0 Å². The van der Waals surface area contributed by atoms with Gasteiger partial charge in [0.2, 0.25) is 0 Å². The van der Waals surface area contributed by atoms with E-state index in [1.165, 1.54) is 0 Å². The van der Waals surface area contributed by atoms with Crippen molar-refractivity contribution in [2.75, 3.05) is 6.61 Å². The second-order valence-corrected chi connectivity index (χ2v) is 2.36. The summed E-state index contributed by atoms with van der Waals surface area (Å²) in [5.41, 5.74) is 0. The molecule has 2 unspecified atom stereocenters. The van der Waals surface area contributed by atoms with E-state index in [0.29, 0.717) is 19.1 Å². The van der Waals surface area contributed by atoms with E-state index in [9.17, 15) is 4.79 Å². The van der Waals surface area contributed by atoms with E-state index in [-0.39, 0.29) is 6.61 Å². The Morgan fingerprint density at radius 1 is 1.25 bits per heavy atom. The molecular weight excluding hydrogens is 160 g/mol. The molecule has 0 aliphatic carbocycles. The highest BCUT2D eigenvalue weighted by atomic mass is 16.3. The molecular formula is C8H18O4. The highest BCUT2D eigenvalue weighted by molar-refractivity contribution is 5.55. The second-order valence-electron chi connectivity index (χ2n) is 2.36. The maximum Gasteiger partial charge on any atom is 0.148 e. The summed E-state index contributed by atoms with van der Waals surface area (Å²) in [6.45, 7) is 3.45. The third-order valence-electron chi connectivity index (χ3n) is 1.26. The molecule has 3 N–H and O–H groups in total. The van der Waals surface area contributed by atoms with Crippen molar-refractivity contribution in [1.29, 1.82) is 0 Å². The van der Waals surface area contributed by atoms with Crippen molar-refractivity contribution in [3.63, 3.8) is 0 Å². The lowest BCUT2D eigenvalue weighted by molar-refractivity contribution is -0.114. The van der Waals surface area contributed by atoms with E-state index >= 15 is 0 Å². The van der Waals surface area contributed by atoms with Crippen LogP contribution in [0.2, 0.25) is 0 Å². The van der Waals surface area contributed by atoms with Crippen molar-refractivity contribution < 1.29 is 20.1 Å². The zero-order valence-corrected chi connectivity index (χ0v) is 7.60. The van der Waals surface area contributed by atoms with Crippen molar-refractivity contribution >= 4 is 6.29 Å². The Balaban J connectivity index is 0. The summed E-state index contributed by atoms with van der Waals surface area (Å²) in [4.78, 5) is 9.49. The van der Waals surface area contributed by atoms with E-state index < -0.39 is 12.2 Å². The summed E-state index contributed by atoms with van der Waals surface area (Å²) in [6.07, 6.45) is 0.426. The molecule has 0 aromatic heterocycles. The maximum absolute atomic E-state index is 9.49. The molecule has 12 heavy (non-hydrogen) atoms. The summed E-state index contributed by atoms with van der Waals surface area (Å²) >= 11 is 0. The first kappa shape index (κ1) is 14.1. The quantitative estimate of drug-likeness (QED) is 0.517. The first-order chi connectivity index (χ1) is 5.62. The number of carbonyl (C=O) groups excluding carboxylic acids is 1. The van der Waals surface area contributed by atoms with E-state index in [1.54, 1.807) is 6.92 Å². The van der Waals surface area contributed by atoms with Gasteiger partial charge >= 0.3 is 0 Å². The maximum atomic E-state index is 9.49. The molecule has 0 saturated carbocycles. The van der Waals surface area contributed by atoms with Crippen LogP contribution in [0.1, 0.15) is 26.7 Å².